The van der Waals surface area contributed by atoms with Crippen molar-refractivity contribution in [3.8, 4) is 0 Å². The zero-order valence-electron chi connectivity index (χ0n) is 11.2. The summed E-state index contributed by atoms with van der Waals surface area (Å²) in [6.45, 7) is 0.671. The van der Waals surface area contributed by atoms with Crippen LogP contribution in [0.3, 0.4) is 0 Å². The number of rotatable bonds is 5. The fraction of sp³-hybridized carbons (Fsp3) is 0.600. The smallest absolute Gasteiger partial charge is 0.0568 e. The molecular formula is C15H22BrClN2. The van der Waals surface area contributed by atoms with Gasteiger partial charge < -0.3 is 11.1 Å². The topological polar surface area (TPSA) is 38.0 Å². The third-order valence-corrected chi connectivity index (χ3v) is 5.15. The van der Waals surface area contributed by atoms with Crippen molar-refractivity contribution in [3.63, 3.8) is 0 Å². The van der Waals surface area contributed by atoms with Crippen molar-refractivity contribution in [1.82, 2.24) is 0 Å². The number of anilines is 1. The van der Waals surface area contributed by atoms with Crippen LogP contribution in [0.15, 0.2) is 22.7 Å². The van der Waals surface area contributed by atoms with Crippen LogP contribution >= 0.6 is 27.5 Å². The number of nitrogens with two attached hydrogens (primary N) is 1. The molecule has 1 aromatic carbocycles. The Hall–Kier alpha value is -0.250. The van der Waals surface area contributed by atoms with Crippen LogP contribution in [-0.4, -0.2) is 12.6 Å². The van der Waals surface area contributed by atoms with Gasteiger partial charge in [-0.2, -0.15) is 0 Å². The Morgan fingerprint density at radius 3 is 2.68 bits per heavy atom. The molecular weight excluding hydrogens is 324 g/mol. The molecule has 0 saturated heterocycles. The molecule has 0 radical (unpaired) electrons. The molecule has 0 heterocycles. The van der Waals surface area contributed by atoms with Crippen molar-refractivity contribution >= 4 is 33.2 Å². The Labute approximate surface area is 129 Å². The summed E-state index contributed by atoms with van der Waals surface area (Å²) in [4.78, 5) is 0. The molecule has 1 fully saturated rings. The predicted octanol–water partition coefficient (Wildman–Crippen LogP) is 4.81. The maximum atomic E-state index is 6.11. The molecule has 106 valence electrons. The van der Waals surface area contributed by atoms with Gasteiger partial charge in [-0.15, -0.1) is 0 Å². The van der Waals surface area contributed by atoms with Crippen LogP contribution in [0.1, 0.15) is 38.5 Å². The number of hydrogen-bond acceptors (Lipinski definition) is 2. The second-order valence-electron chi connectivity index (χ2n) is 5.45. The Morgan fingerprint density at radius 2 is 2.05 bits per heavy atom. The maximum absolute atomic E-state index is 6.11. The van der Waals surface area contributed by atoms with E-state index in [9.17, 15) is 0 Å². The van der Waals surface area contributed by atoms with E-state index >= 15 is 0 Å². The third-order valence-electron chi connectivity index (χ3n) is 3.92. The lowest BCUT2D eigenvalue weighted by molar-refractivity contribution is 0.324. The van der Waals surface area contributed by atoms with Crippen molar-refractivity contribution < 1.29 is 0 Å². The van der Waals surface area contributed by atoms with Gasteiger partial charge in [0.2, 0.25) is 0 Å². The van der Waals surface area contributed by atoms with Crippen molar-refractivity contribution in [2.45, 2.75) is 44.6 Å². The molecule has 0 amide bonds. The molecule has 2 rings (SSSR count). The second-order valence-corrected chi connectivity index (χ2v) is 6.71. The Balaban J connectivity index is 1.92. The van der Waals surface area contributed by atoms with Gasteiger partial charge in [0.15, 0.2) is 0 Å². The molecule has 1 aromatic rings. The fourth-order valence-corrected chi connectivity index (χ4v) is 3.29. The minimum absolute atomic E-state index is 0.348. The van der Waals surface area contributed by atoms with Gasteiger partial charge >= 0.3 is 0 Å². The highest BCUT2D eigenvalue weighted by molar-refractivity contribution is 9.10. The largest absolute Gasteiger partial charge is 0.381 e. The summed E-state index contributed by atoms with van der Waals surface area (Å²) < 4.78 is 0.927. The highest BCUT2D eigenvalue weighted by atomic mass is 79.9. The standard InChI is InChI=1S/C15H22BrClN2/c16-14-7-6-12(9-15(14)17)19-13(10-18)8-11-4-2-1-3-5-11/h6-7,9,11,13,19H,1-5,8,10,18H2. The van der Waals surface area contributed by atoms with Crippen molar-refractivity contribution in [2.75, 3.05) is 11.9 Å². The molecule has 4 heteroatoms. The molecule has 1 atom stereocenters. The van der Waals surface area contributed by atoms with Gasteiger partial charge in [0.05, 0.1) is 5.02 Å². The summed E-state index contributed by atoms with van der Waals surface area (Å²) in [5.41, 5.74) is 6.96. The van der Waals surface area contributed by atoms with Crippen molar-refractivity contribution in [1.29, 1.82) is 0 Å². The second kappa shape index (κ2) is 7.51. The molecule has 0 bridgehead atoms. The lowest BCUT2D eigenvalue weighted by Crippen LogP contribution is -2.31. The summed E-state index contributed by atoms with van der Waals surface area (Å²) in [6, 6.07) is 6.31. The first-order valence-electron chi connectivity index (χ1n) is 7.10. The van der Waals surface area contributed by atoms with E-state index in [4.69, 9.17) is 17.3 Å². The van der Waals surface area contributed by atoms with Crippen molar-refractivity contribution in [2.24, 2.45) is 11.7 Å². The summed E-state index contributed by atoms with van der Waals surface area (Å²) in [5, 5.41) is 4.25. The normalized spacial score (nSPS) is 18.3. The van der Waals surface area contributed by atoms with Crippen molar-refractivity contribution in [3.05, 3.63) is 27.7 Å². The fourth-order valence-electron chi connectivity index (χ4n) is 2.86. The van der Waals surface area contributed by atoms with E-state index < -0.39 is 0 Å². The van der Waals surface area contributed by atoms with E-state index in [-0.39, 0.29) is 0 Å². The number of nitrogens with one attached hydrogen (secondary N) is 1. The first-order valence-corrected chi connectivity index (χ1v) is 8.28. The van der Waals surface area contributed by atoms with E-state index in [1.165, 1.54) is 38.5 Å². The summed E-state index contributed by atoms with van der Waals surface area (Å²) in [6.07, 6.45) is 8.06. The number of hydrogen-bond donors (Lipinski definition) is 2. The van der Waals surface area contributed by atoms with Gasteiger partial charge in [0, 0.05) is 22.7 Å². The molecule has 2 nitrogen and oxygen atoms in total. The van der Waals surface area contributed by atoms with E-state index in [0.717, 1.165) is 21.1 Å². The van der Waals surface area contributed by atoms with Gasteiger partial charge in [-0.05, 0) is 46.5 Å². The van der Waals surface area contributed by atoms with E-state index in [1.54, 1.807) is 0 Å². The van der Waals surface area contributed by atoms with Crippen LogP contribution in [0.25, 0.3) is 0 Å². The summed E-state index contributed by atoms with van der Waals surface area (Å²) in [7, 11) is 0. The Morgan fingerprint density at radius 1 is 1.32 bits per heavy atom. The highest BCUT2D eigenvalue weighted by Crippen LogP contribution is 2.29. The first kappa shape index (κ1) is 15.1. The average Bonchev–Trinajstić information content (AvgIpc) is 2.43. The zero-order chi connectivity index (χ0) is 13.7. The quantitative estimate of drug-likeness (QED) is 0.803. The lowest BCUT2D eigenvalue weighted by Gasteiger charge is -2.27. The molecule has 1 unspecified atom stereocenters. The molecule has 3 N–H and O–H groups in total. The number of benzene rings is 1. The maximum Gasteiger partial charge on any atom is 0.0568 e. The minimum Gasteiger partial charge on any atom is -0.381 e. The molecule has 0 spiro atoms. The molecule has 1 aliphatic carbocycles. The van der Waals surface area contributed by atoms with Gasteiger partial charge in [0.25, 0.3) is 0 Å². The van der Waals surface area contributed by atoms with Crippen LogP contribution in [0.4, 0.5) is 5.69 Å². The molecule has 1 aliphatic rings. The Bertz CT molecular complexity index is 405. The van der Waals surface area contributed by atoms with Crippen LogP contribution in [0, 0.1) is 5.92 Å². The predicted molar refractivity (Wildman–Crippen MR) is 86.8 cm³/mol. The zero-order valence-corrected chi connectivity index (χ0v) is 13.5. The molecule has 0 aliphatic heterocycles. The molecule has 0 aromatic heterocycles. The van der Waals surface area contributed by atoms with Gasteiger partial charge in [0.1, 0.15) is 0 Å². The van der Waals surface area contributed by atoms with Crippen LogP contribution < -0.4 is 11.1 Å². The van der Waals surface area contributed by atoms with E-state index in [2.05, 4.69) is 21.2 Å². The Kier molecular flexibility index (Phi) is 5.99. The molecule has 1 saturated carbocycles. The van der Waals surface area contributed by atoms with Gasteiger partial charge in [-0.1, -0.05) is 43.7 Å². The number of halogens is 2. The molecule has 19 heavy (non-hydrogen) atoms. The van der Waals surface area contributed by atoms with Gasteiger partial charge in [-0.3, -0.25) is 0 Å². The highest BCUT2D eigenvalue weighted by Gasteiger charge is 2.18. The minimum atomic E-state index is 0.348. The monoisotopic (exact) mass is 344 g/mol. The average molecular weight is 346 g/mol. The van der Waals surface area contributed by atoms with E-state index in [0.29, 0.717) is 12.6 Å². The SMILES string of the molecule is NCC(CC1CCCCC1)Nc1ccc(Br)c(Cl)c1. The van der Waals surface area contributed by atoms with Crippen LogP contribution in [0.2, 0.25) is 5.02 Å². The van der Waals surface area contributed by atoms with Crippen LogP contribution in [-0.2, 0) is 0 Å². The first-order chi connectivity index (χ1) is 9.19. The van der Waals surface area contributed by atoms with Gasteiger partial charge in [-0.25, -0.2) is 0 Å². The summed E-state index contributed by atoms with van der Waals surface area (Å²) >= 11 is 9.52. The van der Waals surface area contributed by atoms with Crippen LogP contribution in [0.5, 0.6) is 0 Å². The third kappa shape index (κ3) is 4.66. The summed E-state index contributed by atoms with van der Waals surface area (Å²) in [5.74, 6) is 0.834. The lowest BCUT2D eigenvalue weighted by atomic mass is 9.85. The van der Waals surface area contributed by atoms with E-state index in [1.807, 2.05) is 18.2 Å².